The lowest BCUT2D eigenvalue weighted by atomic mass is 10.1. The molecule has 1 atom stereocenters. The standard InChI is InChI=1S/C12H13F3N6/c1-7-17-10-3-2-8(6-21(10)20-7)18-11-16-5-4-9(19-11)12(13,14)15/h4-5,8H,2-3,6H2,1H3,(H,16,18,19)/t8-/m1/s1. The molecule has 0 radical (unpaired) electrons. The zero-order valence-electron chi connectivity index (χ0n) is 11.2. The van der Waals surface area contributed by atoms with Gasteiger partial charge in [-0.15, -0.1) is 0 Å². The zero-order valence-corrected chi connectivity index (χ0v) is 11.2. The number of hydrogen-bond acceptors (Lipinski definition) is 5. The molecule has 0 saturated heterocycles. The molecule has 112 valence electrons. The minimum Gasteiger partial charge on any atom is -0.350 e. The summed E-state index contributed by atoms with van der Waals surface area (Å²) in [5, 5.41) is 7.18. The molecular weight excluding hydrogens is 285 g/mol. The third-order valence-corrected chi connectivity index (χ3v) is 3.24. The van der Waals surface area contributed by atoms with Crippen LogP contribution in [0.3, 0.4) is 0 Å². The van der Waals surface area contributed by atoms with Crippen molar-refractivity contribution >= 4 is 5.95 Å². The summed E-state index contributed by atoms with van der Waals surface area (Å²) in [6.07, 6.45) is -1.90. The van der Waals surface area contributed by atoms with Crippen molar-refractivity contribution in [3.8, 4) is 0 Å². The van der Waals surface area contributed by atoms with E-state index in [-0.39, 0.29) is 12.0 Å². The third-order valence-electron chi connectivity index (χ3n) is 3.24. The van der Waals surface area contributed by atoms with Crippen molar-refractivity contribution in [1.82, 2.24) is 24.7 Å². The SMILES string of the molecule is Cc1nc2n(n1)C[C@H](Nc1nccc(C(F)(F)F)n1)CC2. The van der Waals surface area contributed by atoms with Crippen molar-refractivity contribution in [3.05, 3.63) is 29.6 Å². The van der Waals surface area contributed by atoms with Crippen molar-refractivity contribution in [1.29, 1.82) is 0 Å². The van der Waals surface area contributed by atoms with Gasteiger partial charge in [-0.25, -0.2) is 19.6 Å². The van der Waals surface area contributed by atoms with E-state index in [0.29, 0.717) is 12.4 Å². The Bertz CT molecular complexity index is 651. The molecule has 3 heterocycles. The second-order valence-electron chi connectivity index (χ2n) is 4.90. The highest BCUT2D eigenvalue weighted by Gasteiger charge is 2.33. The van der Waals surface area contributed by atoms with Crippen molar-refractivity contribution in [2.24, 2.45) is 0 Å². The van der Waals surface area contributed by atoms with Gasteiger partial charge < -0.3 is 5.32 Å². The number of rotatable bonds is 2. The number of halogens is 3. The molecule has 1 aliphatic rings. The predicted molar refractivity (Wildman–Crippen MR) is 67.5 cm³/mol. The Morgan fingerprint density at radius 3 is 2.90 bits per heavy atom. The molecular formula is C12H13F3N6. The van der Waals surface area contributed by atoms with Crippen LogP contribution in [0.4, 0.5) is 19.1 Å². The quantitative estimate of drug-likeness (QED) is 0.916. The van der Waals surface area contributed by atoms with Gasteiger partial charge in [-0.2, -0.15) is 18.3 Å². The Balaban J connectivity index is 1.73. The van der Waals surface area contributed by atoms with E-state index < -0.39 is 11.9 Å². The molecule has 9 heteroatoms. The number of alkyl halides is 3. The Kier molecular flexibility index (Phi) is 3.26. The van der Waals surface area contributed by atoms with Gasteiger partial charge in [-0.05, 0) is 19.4 Å². The van der Waals surface area contributed by atoms with E-state index in [1.54, 1.807) is 4.68 Å². The number of aromatic nitrogens is 5. The van der Waals surface area contributed by atoms with Crippen LogP contribution in [0.2, 0.25) is 0 Å². The molecule has 0 amide bonds. The maximum atomic E-state index is 12.6. The monoisotopic (exact) mass is 298 g/mol. The summed E-state index contributed by atoms with van der Waals surface area (Å²) in [5.41, 5.74) is -0.951. The number of nitrogens with zero attached hydrogens (tertiary/aromatic N) is 5. The summed E-state index contributed by atoms with van der Waals surface area (Å²) < 4.78 is 39.6. The molecule has 21 heavy (non-hydrogen) atoms. The van der Waals surface area contributed by atoms with Crippen LogP contribution in [0.25, 0.3) is 0 Å². The first kappa shape index (κ1) is 13.8. The van der Waals surface area contributed by atoms with E-state index in [1.807, 2.05) is 6.92 Å². The first-order valence-electron chi connectivity index (χ1n) is 6.49. The van der Waals surface area contributed by atoms with E-state index >= 15 is 0 Å². The maximum Gasteiger partial charge on any atom is 0.433 e. The summed E-state index contributed by atoms with van der Waals surface area (Å²) in [7, 11) is 0. The van der Waals surface area contributed by atoms with Crippen LogP contribution < -0.4 is 5.32 Å². The highest BCUT2D eigenvalue weighted by atomic mass is 19.4. The van der Waals surface area contributed by atoms with Crippen molar-refractivity contribution in [2.75, 3.05) is 5.32 Å². The van der Waals surface area contributed by atoms with E-state index in [9.17, 15) is 13.2 Å². The molecule has 6 nitrogen and oxygen atoms in total. The van der Waals surface area contributed by atoms with Crippen LogP contribution in [0.15, 0.2) is 12.3 Å². The first-order chi connectivity index (χ1) is 9.91. The van der Waals surface area contributed by atoms with Gasteiger partial charge in [0.15, 0.2) is 0 Å². The fraction of sp³-hybridized carbons (Fsp3) is 0.500. The molecule has 0 bridgehead atoms. The van der Waals surface area contributed by atoms with Gasteiger partial charge >= 0.3 is 6.18 Å². The largest absolute Gasteiger partial charge is 0.433 e. The zero-order chi connectivity index (χ0) is 15.0. The molecule has 0 aromatic carbocycles. The average molecular weight is 298 g/mol. The van der Waals surface area contributed by atoms with Crippen LogP contribution in [0, 0.1) is 6.92 Å². The normalized spacial score (nSPS) is 18.4. The van der Waals surface area contributed by atoms with Crippen LogP contribution in [-0.2, 0) is 19.1 Å². The van der Waals surface area contributed by atoms with Crippen LogP contribution in [0.5, 0.6) is 0 Å². The number of aryl methyl sites for hydroxylation is 2. The van der Waals surface area contributed by atoms with Gasteiger partial charge in [0.1, 0.15) is 17.3 Å². The Labute approximate surface area is 118 Å². The molecule has 3 rings (SSSR count). The second-order valence-corrected chi connectivity index (χ2v) is 4.90. The first-order valence-corrected chi connectivity index (χ1v) is 6.49. The Hall–Kier alpha value is -2.19. The lowest BCUT2D eigenvalue weighted by Gasteiger charge is -2.23. The lowest BCUT2D eigenvalue weighted by Crippen LogP contribution is -2.32. The van der Waals surface area contributed by atoms with Crippen LogP contribution >= 0.6 is 0 Å². The summed E-state index contributed by atoms with van der Waals surface area (Å²) >= 11 is 0. The third kappa shape index (κ3) is 2.96. The van der Waals surface area contributed by atoms with Gasteiger partial charge in [0, 0.05) is 18.7 Å². The molecule has 1 N–H and O–H groups in total. The number of hydrogen-bond donors (Lipinski definition) is 1. The molecule has 0 fully saturated rings. The summed E-state index contributed by atoms with van der Waals surface area (Å²) in [6, 6.07) is 0.785. The fourth-order valence-corrected chi connectivity index (χ4v) is 2.32. The smallest absolute Gasteiger partial charge is 0.350 e. The minimum atomic E-state index is -4.47. The van der Waals surface area contributed by atoms with E-state index in [0.717, 1.165) is 30.9 Å². The Morgan fingerprint density at radius 1 is 1.33 bits per heavy atom. The number of nitrogens with one attached hydrogen (secondary N) is 1. The van der Waals surface area contributed by atoms with Crippen molar-refractivity contribution < 1.29 is 13.2 Å². The van der Waals surface area contributed by atoms with E-state index in [2.05, 4.69) is 25.4 Å². The van der Waals surface area contributed by atoms with Gasteiger partial charge in [0.2, 0.25) is 5.95 Å². The molecule has 0 spiro atoms. The maximum absolute atomic E-state index is 12.6. The molecule has 1 aliphatic heterocycles. The van der Waals surface area contributed by atoms with Gasteiger partial charge in [0.05, 0.1) is 6.54 Å². The summed E-state index contributed by atoms with van der Waals surface area (Å²) in [6.45, 7) is 2.35. The van der Waals surface area contributed by atoms with Gasteiger partial charge in [-0.3, -0.25) is 0 Å². The second kappa shape index (κ2) is 4.97. The lowest BCUT2D eigenvalue weighted by molar-refractivity contribution is -0.141. The van der Waals surface area contributed by atoms with Crippen molar-refractivity contribution in [2.45, 2.75) is 38.5 Å². The minimum absolute atomic E-state index is 0.0184. The molecule has 2 aromatic rings. The van der Waals surface area contributed by atoms with Crippen LogP contribution in [-0.4, -0.2) is 30.8 Å². The Morgan fingerprint density at radius 2 is 2.14 bits per heavy atom. The number of fused-ring (bicyclic) bond motifs is 1. The highest BCUT2D eigenvalue weighted by Crippen LogP contribution is 2.27. The topological polar surface area (TPSA) is 68.5 Å². The van der Waals surface area contributed by atoms with Gasteiger partial charge in [0.25, 0.3) is 0 Å². The molecule has 0 aliphatic carbocycles. The highest BCUT2D eigenvalue weighted by molar-refractivity contribution is 5.28. The average Bonchev–Trinajstić information content (AvgIpc) is 2.77. The summed E-state index contributed by atoms with van der Waals surface area (Å²) in [4.78, 5) is 11.6. The molecule has 0 unspecified atom stereocenters. The fourth-order valence-electron chi connectivity index (χ4n) is 2.32. The van der Waals surface area contributed by atoms with Gasteiger partial charge in [-0.1, -0.05) is 0 Å². The molecule has 0 saturated carbocycles. The van der Waals surface area contributed by atoms with E-state index in [4.69, 9.17) is 0 Å². The number of anilines is 1. The predicted octanol–water partition coefficient (Wildman–Crippen LogP) is 1.82. The molecule has 2 aromatic heterocycles. The summed E-state index contributed by atoms with van der Waals surface area (Å²) in [5.74, 6) is 1.58. The van der Waals surface area contributed by atoms with E-state index in [1.165, 1.54) is 0 Å². The van der Waals surface area contributed by atoms with Crippen LogP contribution in [0.1, 0.15) is 23.8 Å². The van der Waals surface area contributed by atoms with Crippen molar-refractivity contribution in [3.63, 3.8) is 0 Å².